The van der Waals surface area contributed by atoms with Gasteiger partial charge >= 0.3 is 5.97 Å². The van der Waals surface area contributed by atoms with E-state index >= 15 is 0 Å². The maximum Gasteiger partial charge on any atom is 0.303 e. The number of rotatable bonds is 12. The molecule has 2 fully saturated rings. The Morgan fingerprint density at radius 3 is 2.85 bits per heavy atom. The highest BCUT2D eigenvalue weighted by Crippen LogP contribution is 2.34. The first-order valence-electron chi connectivity index (χ1n) is 9.76. The summed E-state index contributed by atoms with van der Waals surface area (Å²) in [4.78, 5) is 10.5. The summed E-state index contributed by atoms with van der Waals surface area (Å²) in [6.07, 6.45) is 13.7. The molecule has 0 saturated carbocycles. The highest BCUT2D eigenvalue weighted by molar-refractivity contribution is 5.66. The number of carboxylic acids is 1. The highest BCUT2D eigenvalue weighted by Gasteiger charge is 2.43. The molecule has 0 amide bonds. The highest BCUT2D eigenvalue weighted by atomic mass is 16.9. The number of hydrogen-bond acceptors (Lipinski definition) is 5. The van der Waals surface area contributed by atoms with Crippen molar-refractivity contribution in [2.24, 2.45) is 5.92 Å². The first-order valence-corrected chi connectivity index (χ1v) is 9.76. The lowest BCUT2D eigenvalue weighted by Crippen LogP contribution is -2.40. The number of ether oxygens (including phenoxy) is 3. The molecule has 148 valence electrons. The first kappa shape index (κ1) is 21.1. The van der Waals surface area contributed by atoms with Gasteiger partial charge in [-0.3, -0.25) is 4.79 Å². The van der Waals surface area contributed by atoms with E-state index in [1.54, 1.807) is 0 Å². The van der Waals surface area contributed by atoms with Crippen LogP contribution in [0.25, 0.3) is 0 Å². The Kier molecular flexibility index (Phi) is 9.32. The van der Waals surface area contributed by atoms with E-state index < -0.39 is 18.5 Å². The van der Waals surface area contributed by atoms with Gasteiger partial charge in [-0.05, 0) is 25.7 Å². The number of fused-ring (bicyclic) bond motifs is 2. The van der Waals surface area contributed by atoms with Gasteiger partial charge in [0.25, 0.3) is 6.48 Å². The van der Waals surface area contributed by atoms with Crippen LogP contribution in [0.2, 0.25) is 0 Å². The van der Waals surface area contributed by atoms with Crippen LogP contribution in [0.3, 0.4) is 0 Å². The molecule has 0 aliphatic carbocycles. The second-order valence-electron chi connectivity index (χ2n) is 7.00. The van der Waals surface area contributed by atoms with Gasteiger partial charge in [-0.2, -0.15) is 0 Å². The zero-order chi connectivity index (χ0) is 18.8. The lowest BCUT2D eigenvalue weighted by Gasteiger charge is -2.33. The minimum atomic E-state index is -0.760. The van der Waals surface area contributed by atoms with Gasteiger partial charge in [0.1, 0.15) is 0 Å². The fraction of sp³-hybridized carbons (Fsp3) is 0.750. The van der Waals surface area contributed by atoms with Crippen LogP contribution in [0, 0.1) is 5.92 Å². The lowest BCUT2D eigenvalue weighted by molar-refractivity contribution is -0.290. The third-order valence-electron chi connectivity index (χ3n) is 4.81. The second-order valence-corrected chi connectivity index (χ2v) is 7.00. The number of carbonyl (C=O) groups is 1. The summed E-state index contributed by atoms with van der Waals surface area (Å²) in [6.45, 7) is 2.06. The summed E-state index contributed by atoms with van der Waals surface area (Å²) >= 11 is 0. The Morgan fingerprint density at radius 1 is 1.23 bits per heavy atom. The topological polar surface area (TPSA) is 85.2 Å². The normalized spacial score (nSPS) is 29.6. The Morgan fingerprint density at radius 2 is 2.08 bits per heavy atom. The number of carboxylic acid groups (broad SMARTS) is 1. The third kappa shape index (κ3) is 7.19. The van der Waals surface area contributed by atoms with Crippen molar-refractivity contribution in [3.8, 4) is 0 Å². The number of hydrogen-bond donors (Lipinski definition) is 2. The van der Waals surface area contributed by atoms with Crippen LogP contribution in [-0.4, -0.2) is 47.6 Å². The second kappa shape index (κ2) is 11.5. The summed E-state index contributed by atoms with van der Waals surface area (Å²) in [5.41, 5.74) is 0. The zero-order valence-corrected chi connectivity index (χ0v) is 15.6. The maximum atomic E-state index is 10.5. The monoisotopic (exact) mass is 368 g/mol. The maximum absolute atomic E-state index is 10.5. The van der Waals surface area contributed by atoms with E-state index in [-0.39, 0.29) is 24.5 Å². The largest absolute Gasteiger partial charge is 0.481 e. The molecule has 2 bridgehead atoms. The molecule has 6 heteroatoms. The van der Waals surface area contributed by atoms with Gasteiger partial charge in [-0.15, -0.1) is 0 Å². The van der Waals surface area contributed by atoms with E-state index in [0.29, 0.717) is 13.0 Å². The minimum Gasteiger partial charge on any atom is -0.481 e. The molecule has 6 nitrogen and oxygen atoms in total. The lowest BCUT2D eigenvalue weighted by atomic mass is 9.91. The average Bonchev–Trinajstić information content (AvgIpc) is 3.00. The van der Waals surface area contributed by atoms with Gasteiger partial charge in [0.2, 0.25) is 0 Å². The first-order chi connectivity index (χ1) is 12.6. The number of allylic oxidation sites excluding steroid dienone is 2. The van der Waals surface area contributed by atoms with Crippen LogP contribution in [0.5, 0.6) is 0 Å². The molecule has 0 aromatic rings. The third-order valence-corrected chi connectivity index (χ3v) is 4.81. The van der Waals surface area contributed by atoms with E-state index in [2.05, 4.69) is 13.0 Å². The van der Waals surface area contributed by atoms with Crippen molar-refractivity contribution in [3.63, 3.8) is 0 Å². The van der Waals surface area contributed by atoms with Gasteiger partial charge in [-0.25, -0.2) is 0 Å². The van der Waals surface area contributed by atoms with E-state index in [1.807, 2.05) is 18.2 Å². The number of unbranched alkanes of at least 4 members (excludes halogenated alkanes) is 3. The summed E-state index contributed by atoms with van der Waals surface area (Å²) in [6, 6.07) is 0. The van der Waals surface area contributed by atoms with Crippen LogP contribution in [-0.2, 0) is 19.0 Å². The summed E-state index contributed by atoms with van der Waals surface area (Å²) in [7, 11) is 0. The number of aliphatic hydroxyl groups is 1. The van der Waals surface area contributed by atoms with Crippen LogP contribution in [0.1, 0.15) is 58.3 Å². The van der Waals surface area contributed by atoms with Gasteiger partial charge in [0.15, 0.2) is 0 Å². The molecule has 2 saturated heterocycles. The molecule has 2 aliphatic heterocycles. The summed E-state index contributed by atoms with van der Waals surface area (Å²) < 4.78 is 17.0. The molecule has 0 spiro atoms. The van der Waals surface area contributed by atoms with Crippen molar-refractivity contribution in [2.75, 3.05) is 6.61 Å². The van der Waals surface area contributed by atoms with Gasteiger partial charge < -0.3 is 24.4 Å². The summed E-state index contributed by atoms with van der Waals surface area (Å²) in [5, 5.41) is 18.7. The zero-order valence-electron chi connectivity index (χ0n) is 15.6. The predicted molar refractivity (Wildman–Crippen MR) is 97.5 cm³/mol. The van der Waals surface area contributed by atoms with Crippen molar-refractivity contribution in [1.29, 1.82) is 0 Å². The van der Waals surface area contributed by atoms with Crippen molar-refractivity contribution < 1.29 is 29.2 Å². The van der Waals surface area contributed by atoms with Gasteiger partial charge in [0.05, 0.1) is 24.9 Å². The Hall–Kier alpha value is -1.21. The molecule has 0 aromatic heterocycles. The minimum absolute atomic E-state index is 0.00990. The Bertz CT molecular complexity index is 475. The van der Waals surface area contributed by atoms with E-state index in [1.165, 1.54) is 0 Å². The molecule has 26 heavy (non-hydrogen) atoms. The molecule has 0 aromatic carbocycles. The Balaban J connectivity index is 1.82. The molecule has 2 rings (SSSR count). The SMILES string of the molecule is CCCCCC(O)C=CC1O[C@@H]2OCC(O2)[C@@H]1CC=CCCCC(=O)O. The molecule has 0 radical (unpaired) electrons. The van der Waals surface area contributed by atoms with Crippen molar-refractivity contribution in [3.05, 3.63) is 24.3 Å². The fourth-order valence-corrected chi connectivity index (χ4v) is 3.29. The number of aliphatic hydroxyl groups excluding tert-OH is 1. The quantitative estimate of drug-likeness (QED) is 0.406. The van der Waals surface area contributed by atoms with Crippen molar-refractivity contribution in [1.82, 2.24) is 0 Å². The fourth-order valence-electron chi connectivity index (χ4n) is 3.29. The van der Waals surface area contributed by atoms with Crippen molar-refractivity contribution >= 4 is 5.97 Å². The van der Waals surface area contributed by atoms with E-state index in [0.717, 1.165) is 38.5 Å². The standard InChI is InChI=1S/C20H32O6/c1-2-3-6-9-15(21)12-13-17-16(18-14-24-20(25-17)26-18)10-7-4-5-8-11-19(22)23/h4,7,12-13,15-18,20-21H,2-3,5-6,8-11,14H2,1H3,(H,22,23)/t15?,16-,17?,18?,20+/m1/s1. The molecular formula is C20H32O6. The molecule has 2 heterocycles. The molecule has 3 unspecified atom stereocenters. The van der Waals surface area contributed by atoms with Crippen molar-refractivity contribution in [2.45, 2.75) is 83.1 Å². The molecule has 2 N–H and O–H groups in total. The van der Waals surface area contributed by atoms with Crippen LogP contribution in [0.15, 0.2) is 24.3 Å². The predicted octanol–water partition coefficient (Wildman–Crippen LogP) is 3.40. The van der Waals surface area contributed by atoms with Crippen LogP contribution >= 0.6 is 0 Å². The smallest absolute Gasteiger partial charge is 0.303 e. The number of aliphatic carboxylic acids is 1. The Labute approximate surface area is 155 Å². The van der Waals surface area contributed by atoms with E-state index in [9.17, 15) is 9.90 Å². The van der Waals surface area contributed by atoms with Gasteiger partial charge in [-0.1, -0.05) is 50.5 Å². The molecule has 2 aliphatic rings. The van der Waals surface area contributed by atoms with E-state index in [4.69, 9.17) is 19.3 Å². The van der Waals surface area contributed by atoms with Crippen LogP contribution < -0.4 is 0 Å². The average molecular weight is 368 g/mol. The molecule has 5 atom stereocenters. The van der Waals surface area contributed by atoms with Crippen LogP contribution in [0.4, 0.5) is 0 Å². The molecular weight excluding hydrogens is 336 g/mol. The van der Waals surface area contributed by atoms with Gasteiger partial charge in [0, 0.05) is 12.3 Å². The summed E-state index contributed by atoms with van der Waals surface area (Å²) in [5.74, 6) is -0.632.